The number of nitrogens with zero attached hydrogens (tertiary/aromatic N) is 1. The van der Waals surface area contributed by atoms with E-state index >= 15 is 0 Å². The first-order valence-corrected chi connectivity index (χ1v) is 9.73. The van der Waals surface area contributed by atoms with Gasteiger partial charge in [-0.05, 0) is 41.8 Å². The van der Waals surface area contributed by atoms with Crippen molar-refractivity contribution < 1.29 is 17.9 Å². The van der Waals surface area contributed by atoms with E-state index in [2.05, 4.69) is 15.0 Å². The average molecular weight is 377 g/mol. The molecule has 0 fully saturated rings. The van der Waals surface area contributed by atoms with Gasteiger partial charge >= 0.3 is 0 Å². The van der Waals surface area contributed by atoms with Crippen LogP contribution in [0.5, 0.6) is 5.75 Å². The van der Waals surface area contributed by atoms with Crippen molar-refractivity contribution in [1.82, 2.24) is 15.0 Å². The molecule has 8 heteroatoms. The van der Waals surface area contributed by atoms with Gasteiger partial charge in [0.25, 0.3) is 5.91 Å². The van der Waals surface area contributed by atoms with Gasteiger partial charge in [-0.1, -0.05) is 19.9 Å². The number of sulfonamides is 1. The largest absolute Gasteiger partial charge is 0.484 e. The number of amides is 1. The molecule has 1 aromatic heterocycles. The lowest BCUT2D eigenvalue weighted by Crippen LogP contribution is -2.28. The third-order valence-electron chi connectivity index (χ3n) is 3.40. The van der Waals surface area contributed by atoms with Crippen LogP contribution in [0.25, 0.3) is 0 Å². The molecule has 0 saturated heterocycles. The molecule has 0 saturated carbocycles. The number of carbonyl (C=O) groups is 1. The standard InChI is InChI=1S/C18H23N3O4S/c1-14(2)10-21-26(23,24)17-7-5-16(6-8-17)25-13-18(22)20-12-15-4-3-9-19-11-15/h3-9,11,14,21H,10,12-13H2,1-2H3,(H,20,22). The van der Waals surface area contributed by atoms with Crippen molar-refractivity contribution in [2.45, 2.75) is 25.3 Å². The maximum Gasteiger partial charge on any atom is 0.258 e. The molecule has 0 aliphatic carbocycles. The smallest absolute Gasteiger partial charge is 0.258 e. The second kappa shape index (κ2) is 9.30. The zero-order valence-corrected chi connectivity index (χ0v) is 15.6. The second-order valence-electron chi connectivity index (χ2n) is 6.14. The summed E-state index contributed by atoms with van der Waals surface area (Å²) in [5.74, 6) is 0.367. The molecular weight excluding hydrogens is 354 g/mol. The maximum absolute atomic E-state index is 12.1. The molecule has 0 aliphatic rings. The van der Waals surface area contributed by atoms with E-state index in [1.165, 1.54) is 24.3 Å². The molecule has 2 aromatic rings. The first-order chi connectivity index (χ1) is 12.4. The van der Waals surface area contributed by atoms with Gasteiger partial charge in [0.05, 0.1) is 4.90 Å². The number of rotatable bonds is 9. The highest BCUT2D eigenvalue weighted by Gasteiger charge is 2.14. The molecule has 2 rings (SSSR count). The Morgan fingerprint density at radius 2 is 1.92 bits per heavy atom. The molecular formula is C18H23N3O4S. The van der Waals surface area contributed by atoms with Crippen LogP contribution in [0.2, 0.25) is 0 Å². The summed E-state index contributed by atoms with van der Waals surface area (Å²) in [6.07, 6.45) is 3.34. The molecule has 0 bridgehead atoms. The lowest BCUT2D eigenvalue weighted by atomic mass is 10.2. The summed E-state index contributed by atoms with van der Waals surface area (Å²) in [5, 5.41) is 2.72. The molecule has 7 nitrogen and oxygen atoms in total. The Hall–Kier alpha value is -2.45. The number of ether oxygens (including phenoxy) is 1. The van der Waals surface area contributed by atoms with Crippen molar-refractivity contribution in [3.8, 4) is 5.75 Å². The van der Waals surface area contributed by atoms with Gasteiger partial charge < -0.3 is 10.1 Å². The van der Waals surface area contributed by atoms with Gasteiger partial charge in [-0.3, -0.25) is 9.78 Å². The minimum atomic E-state index is -3.53. The van der Waals surface area contributed by atoms with Crippen LogP contribution < -0.4 is 14.8 Å². The number of hydrogen-bond donors (Lipinski definition) is 2. The van der Waals surface area contributed by atoms with Crippen molar-refractivity contribution >= 4 is 15.9 Å². The van der Waals surface area contributed by atoms with Gasteiger partial charge in [0.15, 0.2) is 6.61 Å². The van der Waals surface area contributed by atoms with Crippen LogP contribution in [0.3, 0.4) is 0 Å². The fourth-order valence-electron chi connectivity index (χ4n) is 1.98. The Labute approximate surface area is 153 Å². The molecule has 0 spiro atoms. The fourth-order valence-corrected chi connectivity index (χ4v) is 3.19. The summed E-state index contributed by atoms with van der Waals surface area (Å²) in [6, 6.07) is 9.61. The first-order valence-electron chi connectivity index (χ1n) is 8.25. The van der Waals surface area contributed by atoms with E-state index in [1.807, 2.05) is 19.9 Å². The van der Waals surface area contributed by atoms with Crippen LogP contribution in [0.1, 0.15) is 19.4 Å². The minimum absolute atomic E-state index is 0.155. The van der Waals surface area contributed by atoms with E-state index in [9.17, 15) is 13.2 Å². The highest BCUT2D eigenvalue weighted by Crippen LogP contribution is 2.16. The summed E-state index contributed by atoms with van der Waals surface area (Å²) in [6.45, 7) is 4.45. The molecule has 0 unspecified atom stereocenters. The summed E-state index contributed by atoms with van der Waals surface area (Å²) in [4.78, 5) is 15.9. The van der Waals surface area contributed by atoms with Crippen molar-refractivity contribution in [1.29, 1.82) is 0 Å². The van der Waals surface area contributed by atoms with Crippen LogP contribution in [-0.4, -0.2) is 32.5 Å². The Morgan fingerprint density at radius 1 is 1.19 bits per heavy atom. The number of nitrogens with one attached hydrogen (secondary N) is 2. The van der Waals surface area contributed by atoms with E-state index in [-0.39, 0.29) is 23.3 Å². The van der Waals surface area contributed by atoms with Gasteiger partial charge in [-0.25, -0.2) is 13.1 Å². The lowest BCUT2D eigenvalue weighted by molar-refractivity contribution is -0.123. The third-order valence-corrected chi connectivity index (χ3v) is 4.84. The quantitative estimate of drug-likeness (QED) is 0.693. The summed E-state index contributed by atoms with van der Waals surface area (Å²) in [5.41, 5.74) is 0.893. The summed E-state index contributed by atoms with van der Waals surface area (Å²) >= 11 is 0. The predicted molar refractivity (Wildman–Crippen MR) is 98.0 cm³/mol. The molecule has 26 heavy (non-hydrogen) atoms. The molecule has 0 radical (unpaired) electrons. The monoisotopic (exact) mass is 377 g/mol. The van der Waals surface area contributed by atoms with Crippen LogP contribution in [0.4, 0.5) is 0 Å². The molecule has 1 aromatic carbocycles. The van der Waals surface area contributed by atoms with Crippen LogP contribution in [0.15, 0.2) is 53.7 Å². The summed E-state index contributed by atoms with van der Waals surface area (Å²) < 4.78 is 32.1. The van der Waals surface area contributed by atoms with Crippen molar-refractivity contribution in [2.24, 2.45) is 5.92 Å². The first kappa shape index (κ1) is 19.9. The Bertz CT molecular complexity index is 806. The van der Waals surface area contributed by atoms with Crippen LogP contribution in [0, 0.1) is 5.92 Å². The fraction of sp³-hybridized carbons (Fsp3) is 0.333. The molecule has 0 aliphatic heterocycles. The average Bonchev–Trinajstić information content (AvgIpc) is 2.64. The van der Waals surface area contributed by atoms with E-state index in [0.29, 0.717) is 18.8 Å². The van der Waals surface area contributed by atoms with Crippen LogP contribution >= 0.6 is 0 Å². The Morgan fingerprint density at radius 3 is 2.54 bits per heavy atom. The maximum atomic E-state index is 12.1. The SMILES string of the molecule is CC(C)CNS(=O)(=O)c1ccc(OCC(=O)NCc2cccnc2)cc1. The molecule has 2 N–H and O–H groups in total. The van der Waals surface area contributed by atoms with E-state index in [4.69, 9.17) is 4.74 Å². The van der Waals surface area contributed by atoms with E-state index in [0.717, 1.165) is 5.56 Å². The van der Waals surface area contributed by atoms with Gasteiger partial charge in [-0.15, -0.1) is 0 Å². The molecule has 1 amide bonds. The zero-order valence-electron chi connectivity index (χ0n) is 14.8. The number of hydrogen-bond acceptors (Lipinski definition) is 5. The number of aromatic nitrogens is 1. The highest BCUT2D eigenvalue weighted by molar-refractivity contribution is 7.89. The predicted octanol–water partition coefficient (Wildman–Crippen LogP) is 1.71. The number of carbonyl (C=O) groups excluding carboxylic acids is 1. The van der Waals surface area contributed by atoms with E-state index < -0.39 is 10.0 Å². The van der Waals surface area contributed by atoms with Gasteiger partial charge in [0.2, 0.25) is 10.0 Å². The second-order valence-corrected chi connectivity index (χ2v) is 7.91. The zero-order chi connectivity index (χ0) is 19.0. The molecule has 0 atom stereocenters. The Balaban J connectivity index is 1.82. The van der Waals surface area contributed by atoms with Crippen molar-refractivity contribution in [2.75, 3.05) is 13.2 Å². The minimum Gasteiger partial charge on any atom is -0.484 e. The molecule has 140 valence electrons. The van der Waals surface area contributed by atoms with Gasteiger partial charge in [0.1, 0.15) is 5.75 Å². The van der Waals surface area contributed by atoms with Crippen molar-refractivity contribution in [3.05, 3.63) is 54.4 Å². The normalized spacial score (nSPS) is 11.3. The van der Waals surface area contributed by atoms with Crippen LogP contribution in [-0.2, 0) is 21.4 Å². The van der Waals surface area contributed by atoms with Gasteiger partial charge in [-0.2, -0.15) is 0 Å². The van der Waals surface area contributed by atoms with Gasteiger partial charge in [0, 0.05) is 25.5 Å². The van der Waals surface area contributed by atoms with E-state index in [1.54, 1.807) is 18.5 Å². The lowest BCUT2D eigenvalue weighted by Gasteiger charge is -2.10. The Kier molecular flexibility index (Phi) is 7.11. The van der Waals surface area contributed by atoms with Crippen molar-refractivity contribution in [3.63, 3.8) is 0 Å². The third kappa shape index (κ3) is 6.45. The number of pyridine rings is 1. The topological polar surface area (TPSA) is 97.4 Å². The number of benzene rings is 1. The molecule has 1 heterocycles. The summed E-state index contributed by atoms with van der Waals surface area (Å²) in [7, 11) is -3.53. The highest BCUT2D eigenvalue weighted by atomic mass is 32.2.